The number of carboxylic acids is 1. The van der Waals surface area contributed by atoms with E-state index < -0.39 is 12.1 Å². The third-order valence-electron chi connectivity index (χ3n) is 1.71. The fraction of sp³-hybridized carbons (Fsp3) is 0.100. The van der Waals surface area contributed by atoms with Crippen LogP contribution in [0.2, 0.25) is 0 Å². The first kappa shape index (κ1) is 11.7. The molecule has 1 rings (SSSR count). The highest BCUT2D eigenvalue weighted by atomic mass is 16.5. The highest BCUT2D eigenvalue weighted by molar-refractivity contribution is 5.89. The van der Waals surface area contributed by atoms with E-state index in [9.17, 15) is 9.59 Å². The van der Waals surface area contributed by atoms with E-state index in [1.807, 2.05) is 0 Å². The maximum atomic E-state index is 10.6. The molecule has 0 aliphatic heterocycles. The molecule has 0 atom stereocenters. The molecule has 0 bridgehead atoms. The van der Waals surface area contributed by atoms with E-state index in [1.165, 1.54) is 25.5 Å². The number of nitrogens with zero attached hydrogens (tertiary/aromatic N) is 1. The molecule has 0 heterocycles. The number of nitrogens with one attached hydrogen (secondary N) is 1. The quantitative estimate of drug-likeness (QED) is 0.591. The molecular weight excluding hydrogens is 212 g/mol. The topological polar surface area (TPSA) is 88.0 Å². The Labute approximate surface area is 91.5 Å². The molecule has 0 radical (unpaired) electrons. The number of hydrazone groups is 1. The highest BCUT2D eigenvalue weighted by Crippen LogP contribution is 2.01. The summed E-state index contributed by atoms with van der Waals surface area (Å²) < 4.78 is 4.30. The van der Waals surface area contributed by atoms with Gasteiger partial charge in [-0.15, -0.1) is 0 Å². The van der Waals surface area contributed by atoms with Gasteiger partial charge in [0, 0.05) is 0 Å². The molecule has 0 saturated carbocycles. The number of rotatable bonds is 3. The lowest BCUT2D eigenvalue weighted by Crippen LogP contribution is -2.16. The van der Waals surface area contributed by atoms with Gasteiger partial charge < -0.3 is 9.84 Å². The Morgan fingerprint density at radius 2 is 2.00 bits per heavy atom. The Hall–Kier alpha value is -2.37. The SMILES string of the molecule is COC(=O)N/N=C/c1ccc(C(=O)O)cc1. The van der Waals surface area contributed by atoms with Gasteiger partial charge >= 0.3 is 12.1 Å². The maximum Gasteiger partial charge on any atom is 0.427 e. The molecule has 0 fully saturated rings. The molecule has 6 nitrogen and oxygen atoms in total. The van der Waals surface area contributed by atoms with Gasteiger partial charge in [-0.05, 0) is 17.7 Å². The summed E-state index contributed by atoms with van der Waals surface area (Å²) in [7, 11) is 1.23. The predicted molar refractivity (Wildman–Crippen MR) is 56.5 cm³/mol. The number of carbonyl (C=O) groups excluding carboxylic acids is 1. The number of carboxylic acid groups (broad SMARTS) is 1. The van der Waals surface area contributed by atoms with Crippen LogP contribution in [0, 0.1) is 0 Å². The lowest BCUT2D eigenvalue weighted by Gasteiger charge is -1.97. The molecule has 0 aliphatic rings. The molecule has 0 unspecified atom stereocenters. The van der Waals surface area contributed by atoms with Crippen molar-refractivity contribution in [1.29, 1.82) is 0 Å². The summed E-state index contributed by atoms with van der Waals surface area (Å²) in [5.41, 5.74) is 2.97. The Morgan fingerprint density at radius 1 is 1.38 bits per heavy atom. The number of benzene rings is 1. The van der Waals surface area contributed by atoms with Gasteiger partial charge in [0.25, 0.3) is 0 Å². The highest BCUT2D eigenvalue weighted by Gasteiger charge is 2.00. The molecule has 0 saturated heterocycles. The predicted octanol–water partition coefficient (Wildman–Crippen LogP) is 1.07. The van der Waals surface area contributed by atoms with Crippen molar-refractivity contribution in [1.82, 2.24) is 5.43 Å². The molecular formula is C10H10N2O4. The van der Waals surface area contributed by atoms with Crippen molar-refractivity contribution in [3.8, 4) is 0 Å². The van der Waals surface area contributed by atoms with Gasteiger partial charge in [-0.3, -0.25) is 0 Å². The standard InChI is InChI=1S/C10H10N2O4/c1-16-10(15)12-11-6-7-2-4-8(5-3-7)9(13)14/h2-6H,1H3,(H,12,15)(H,13,14)/b11-6+. The van der Waals surface area contributed by atoms with Gasteiger partial charge in [0.2, 0.25) is 0 Å². The van der Waals surface area contributed by atoms with Gasteiger partial charge in [0.1, 0.15) is 0 Å². The van der Waals surface area contributed by atoms with Crippen LogP contribution in [0.1, 0.15) is 15.9 Å². The number of hydrogen-bond acceptors (Lipinski definition) is 4. The molecule has 1 aromatic rings. The Morgan fingerprint density at radius 3 is 2.50 bits per heavy atom. The van der Waals surface area contributed by atoms with E-state index in [1.54, 1.807) is 12.1 Å². The zero-order valence-corrected chi connectivity index (χ0v) is 8.51. The van der Waals surface area contributed by atoms with Crippen LogP contribution in [0.15, 0.2) is 29.4 Å². The Balaban J connectivity index is 2.61. The summed E-state index contributed by atoms with van der Waals surface area (Å²) >= 11 is 0. The maximum absolute atomic E-state index is 10.6. The summed E-state index contributed by atoms with van der Waals surface area (Å²) in [5.74, 6) is -0.990. The van der Waals surface area contributed by atoms with Crippen LogP contribution in [-0.2, 0) is 4.74 Å². The van der Waals surface area contributed by atoms with Crippen LogP contribution in [-0.4, -0.2) is 30.5 Å². The second kappa shape index (κ2) is 5.50. The fourth-order valence-corrected chi connectivity index (χ4v) is 0.917. The number of aromatic carboxylic acids is 1. The molecule has 0 spiro atoms. The van der Waals surface area contributed by atoms with Crippen molar-refractivity contribution in [2.45, 2.75) is 0 Å². The number of methoxy groups -OCH3 is 1. The normalized spacial score (nSPS) is 10.1. The third-order valence-corrected chi connectivity index (χ3v) is 1.71. The van der Waals surface area contributed by atoms with Crippen molar-refractivity contribution in [2.24, 2.45) is 5.10 Å². The first-order valence-electron chi connectivity index (χ1n) is 4.34. The summed E-state index contributed by atoms with van der Waals surface area (Å²) in [6.45, 7) is 0. The van der Waals surface area contributed by atoms with E-state index in [-0.39, 0.29) is 5.56 Å². The van der Waals surface area contributed by atoms with Crippen LogP contribution in [0.25, 0.3) is 0 Å². The molecule has 84 valence electrons. The lowest BCUT2D eigenvalue weighted by molar-refractivity contribution is 0.0697. The molecule has 16 heavy (non-hydrogen) atoms. The molecule has 0 aromatic heterocycles. The number of amides is 1. The second-order valence-corrected chi connectivity index (χ2v) is 2.79. The monoisotopic (exact) mass is 222 g/mol. The van der Waals surface area contributed by atoms with Crippen molar-refractivity contribution >= 4 is 18.3 Å². The molecule has 0 aliphatic carbocycles. The van der Waals surface area contributed by atoms with Crippen LogP contribution in [0.3, 0.4) is 0 Å². The first-order valence-corrected chi connectivity index (χ1v) is 4.34. The summed E-state index contributed by atoms with van der Waals surface area (Å²) in [5, 5.41) is 12.2. The van der Waals surface area contributed by atoms with E-state index in [4.69, 9.17) is 5.11 Å². The third kappa shape index (κ3) is 3.41. The van der Waals surface area contributed by atoms with Gasteiger partial charge in [-0.1, -0.05) is 12.1 Å². The van der Waals surface area contributed by atoms with Gasteiger partial charge in [0.05, 0.1) is 18.9 Å². The first-order chi connectivity index (χ1) is 7.63. The average molecular weight is 222 g/mol. The minimum absolute atomic E-state index is 0.193. The van der Waals surface area contributed by atoms with Crippen molar-refractivity contribution in [3.05, 3.63) is 35.4 Å². The summed E-state index contributed by atoms with van der Waals surface area (Å²) in [6.07, 6.45) is 0.709. The summed E-state index contributed by atoms with van der Waals surface area (Å²) in [6, 6.07) is 6.04. The Kier molecular flexibility index (Phi) is 4.02. The van der Waals surface area contributed by atoms with Gasteiger partial charge in [-0.2, -0.15) is 5.10 Å². The van der Waals surface area contributed by atoms with Crippen LogP contribution in [0.4, 0.5) is 4.79 Å². The fourth-order valence-electron chi connectivity index (χ4n) is 0.917. The molecule has 2 N–H and O–H groups in total. The van der Waals surface area contributed by atoms with Crippen LogP contribution in [0.5, 0.6) is 0 Å². The molecule has 6 heteroatoms. The zero-order chi connectivity index (χ0) is 12.0. The molecule has 1 amide bonds. The van der Waals surface area contributed by atoms with Crippen molar-refractivity contribution in [3.63, 3.8) is 0 Å². The van der Waals surface area contributed by atoms with Crippen molar-refractivity contribution < 1.29 is 19.4 Å². The van der Waals surface area contributed by atoms with Gasteiger partial charge in [0.15, 0.2) is 0 Å². The minimum Gasteiger partial charge on any atom is -0.478 e. The van der Waals surface area contributed by atoms with Crippen molar-refractivity contribution in [2.75, 3.05) is 7.11 Å². The minimum atomic E-state index is -0.990. The van der Waals surface area contributed by atoms with E-state index in [0.717, 1.165) is 0 Å². The second-order valence-electron chi connectivity index (χ2n) is 2.79. The van der Waals surface area contributed by atoms with Crippen LogP contribution < -0.4 is 5.43 Å². The van der Waals surface area contributed by atoms with E-state index in [2.05, 4.69) is 15.3 Å². The number of carbonyl (C=O) groups is 2. The zero-order valence-electron chi connectivity index (χ0n) is 8.51. The Bertz CT molecular complexity index is 411. The molecule has 1 aromatic carbocycles. The number of ether oxygens (including phenoxy) is 1. The lowest BCUT2D eigenvalue weighted by atomic mass is 10.1. The van der Waals surface area contributed by atoms with E-state index in [0.29, 0.717) is 5.56 Å². The van der Waals surface area contributed by atoms with E-state index >= 15 is 0 Å². The largest absolute Gasteiger partial charge is 0.478 e. The number of hydrogen-bond donors (Lipinski definition) is 2. The average Bonchev–Trinajstić information content (AvgIpc) is 2.29. The van der Waals surface area contributed by atoms with Crippen LogP contribution >= 0.6 is 0 Å². The summed E-state index contributed by atoms with van der Waals surface area (Å²) in [4.78, 5) is 21.2. The van der Waals surface area contributed by atoms with Gasteiger partial charge in [-0.25, -0.2) is 15.0 Å². The smallest absolute Gasteiger partial charge is 0.427 e.